The molecule has 2 aromatic rings. The van der Waals surface area contributed by atoms with Crippen molar-refractivity contribution in [2.75, 3.05) is 17.6 Å². The molecule has 2 aromatic carbocycles. The maximum absolute atomic E-state index is 12.0. The molecule has 0 saturated carbocycles. The molecule has 0 radical (unpaired) electrons. The van der Waals surface area contributed by atoms with Gasteiger partial charge in [-0.1, -0.05) is 30.3 Å². The molecule has 21 heavy (non-hydrogen) atoms. The van der Waals surface area contributed by atoms with Crippen LogP contribution in [0.25, 0.3) is 0 Å². The van der Waals surface area contributed by atoms with Crippen molar-refractivity contribution in [2.45, 2.75) is 11.8 Å². The highest BCUT2D eigenvalue weighted by Gasteiger charge is 2.02. The number of anilines is 1. The first-order chi connectivity index (χ1) is 10.1. The third kappa shape index (κ3) is 5.04. The van der Waals surface area contributed by atoms with E-state index in [1.807, 2.05) is 61.5 Å². The summed E-state index contributed by atoms with van der Waals surface area (Å²) in [5.74, 6) is 0.797. The number of rotatable bonds is 5. The number of nitrogens with one attached hydrogen (secondary N) is 1. The van der Waals surface area contributed by atoms with E-state index in [9.17, 15) is 4.21 Å². The maximum Gasteiger partial charge on any atom is 0.193 e. The van der Waals surface area contributed by atoms with Crippen LogP contribution in [0.15, 0.2) is 64.5 Å². The quantitative estimate of drug-likeness (QED) is 0.659. The summed E-state index contributed by atoms with van der Waals surface area (Å²) in [4.78, 5) is 5.02. The smallest absolute Gasteiger partial charge is 0.193 e. The van der Waals surface area contributed by atoms with Crippen LogP contribution in [0, 0.1) is 6.92 Å². The summed E-state index contributed by atoms with van der Waals surface area (Å²) in [6.07, 6.45) is 0. The zero-order chi connectivity index (χ0) is 15.1. The average molecular weight is 301 g/mol. The molecule has 0 aliphatic rings. The van der Waals surface area contributed by atoms with Crippen LogP contribution in [0.5, 0.6) is 0 Å². The van der Waals surface area contributed by atoms with Gasteiger partial charge in [0.05, 0.1) is 17.3 Å². The number of hydrogen-bond donors (Lipinski definition) is 2. The van der Waals surface area contributed by atoms with E-state index < -0.39 is 10.8 Å². The van der Waals surface area contributed by atoms with Crippen molar-refractivity contribution < 1.29 is 4.21 Å². The van der Waals surface area contributed by atoms with Gasteiger partial charge in [0.2, 0.25) is 0 Å². The Bertz CT molecular complexity index is 641. The predicted molar refractivity (Wildman–Crippen MR) is 89.0 cm³/mol. The summed E-state index contributed by atoms with van der Waals surface area (Å²) in [7, 11) is -1.04. The SMILES string of the molecule is Cc1cccc(NC(N)=NCCS(=O)c2ccccc2)c1. The van der Waals surface area contributed by atoms with E-state index in [2.05, 4.69) is 10.3 Å². The molecule has 5 heteroatoms. The van der Waals surface area contributed by atoms with E-state index >= 15 is 0 Å². The van der Waals surface area contributed by atoms with Gasteiger partial charge < -0.3 is 11.1 Å². The molecule has 0 bridgehead atoms. The lowest BCUT2D eigenvalue weighted by atomic mass is 10.2. The van der Waals surface area contributed by atoms with Gasteiger partial charge in [-0.15, -0.1) is 0 Å². The Hall–Kier alpha value is -2.14. The van der Waals surface area contributed by atoms with Gasteiger partial charge in [0.25, 0.3) is 0 Å². The highest BCUT2D eigenvalue weighted by molar-refractivity contribution is 7.85. The molecule has 1 atom stereocenters. The van der Waals surface area contributed by atoms with E-state index in [4.69, 9.17) is 5.73 Å². The molecule has 2 rings (SSSR count). The van der Waals surface area contributed by atoms with Crippen molar-refractivity contribution >= 4 is 22.4 Å². The van der Waals surface area contributed by atoms with Crippen LogP contribution in [0.1, 0.15) is 5.56 Å². The minimum atomic E-state index is -1.04. The third-order valence-corrected chi connectivity index (χ3v) is 4.21. The highest BCUT2D eigenvalue weighted by atomic mass is 32.2. The monoisotopic (exact) mass is 301 g/mol. The standard InChI is InChI=1S/C16H19N3OS/c1-13-6-5-7-14(12-13)19-16(17)18-10-11-21(20)15-8-3-2-4-9-15/h2-9,12H,10-11H2,1H3,(H3,17,18,19). The summed E-state index contributed by atoms with van der Waals surface area (Å²) in [5, 5.41) is 3.03. The minimum absolute atomic E-state index is 0.339. The second-order valence-electron chi connectivity index (χ2n) is 4.62. The van der Waals surface area contributed by atoms with Crippen LogP contribution in [0.3, 0.4) is 0 Å². The fourth-order valence-corrected chi connectivity index (χ4v) is 2.80. The first-order valence-electron chi connectivity index (χ1n) is 6.72. The zero-order valence-electron chi connectivity index (χ0n) is 12.0. The number of hydrogen-bond acceptors (Lipinski definition) is 2. The lowest BCUT2D eigenvalue weighted by Crippen LogP contribution is -2.23. The van der Waals surface area contributed by atoms with Gasteiger partial charge in [-0.25, -0.2) is 0 Å². The summed E-state index contributed by atoms with van der Waals surface area (Å²) in [6, 6.07) is 17.3. The Morgan fingerprint density at radius 3 is 2.67 bits per heavy atom. The van der Waals surface area contributed by atoms with Crippen molar-refractivity contribution in [3.63, 3.8) is 0 Å². The third-order valence-electron chi connectivity index (χ3n) is 2.86. The summed E-state index contributed by atoms with van der Waals surface area (Å²) < 4.78 is 12.0. The van der Waals surface area contributed by atoms with E-state index in [-0.39, 0.29) is 0 Å². The Morgan fingerprint density at radius 1 is 1.19 bits per heavy atom. The molecule has 0 aromatic heterocycles. The van der Waals surface area contributed by atoms with Gasteiger partial charge >= 0.3 is 0 Å². The molecule has 0 saturated heterocycles. The molecule has 0 heterocycles. The molecule has 0 aliphatic carbocycles. The number of guanidine groups is 1. The van der Waals surface area contributed by atoms with Gasteiger partial charge in [-0.05, 0) is 36.8 Å². The Labute approximate surface area is 127 Å². The average Bonchev–Trinajstić information content (AvgIpc) is 2.48. The number of nitrogens with zero attached hydrogens (tertiary/aromatic N) is 1. The predicted octanol–water partition coefficient (Wildman–Crippen LogP) is 2.53. The van der Waals surface area contributed by atoms with Crippen LogP contribution < -0.4 is 11.1 Å². The maximum atomic E-state index is 12.0. The van der Waals surface area contributed by atoms with Crippen LogP contribution >= 0.6 is 0 Å². The largest absolute Gasteiger partial charge is 0.370 e. The molecule has 110 valence electrons. The van der Waals surface area contributed by atoms with Crippen LogP contribution in [0.4, 0.5) is 5.69 Å². The summed E-state index contributed by atoms with van der Waals surface area (Å²) in [5.41, 5.74) is 7.87. The second-order valence-corrected chi connectivity index (χ2v) is 6.19. The molecule has 3 N–H and O–H groups in total. The van der Waals surface area contributed by atoms with Crippen molar-refractivity contribution in [3.05, 3.63) is 60.2 Å². The normalized spacial score (nSPS) is 12.9. The Morgan fingerprint density at radius 2 is 1.95 bits per heavy atom. The van der Waals surface area contributed by atoms with Gasteiger partial charge in [-0.2, -0.15) is 0 Å². The highest BCUT2D eigenvalue weighted by Crippen LogP contribution is 2.09. The lowest BCUT2D eigenvalue weighted by Gasteiger charge is -2.06. The molecule has 0 spiro atoms. The van der Waals surface area contributed by atoms with Crippen LogP contribution in [-0.2, 0) is 10.8 Å². The fourth-order valence-electron chi connectivity index (χ4n) is 1.85. The molecule has 0 amide bonds. The first-order valence-corrected chi connectivity index (χ1v) is 8.04. The summed E-state index contributed by atoms with van der Waals surface area (Å²) in [6.45, 7) is 2.44. The van der Waals surface area contributed by atoms with Crippen molar-refractivity contribution in [2.24, 2.45) is 10.7 Å². The van der Waals surface area contributed by atoms with E-state index in [1.54, 1.807) is 0 Å². The molecule has 0 fully saturated rings. The van der Waals surface area contributed by atoms with Gasteiger partial charge in [0.15, 0.2) is 5.96 Å². The molecular weight excluding hydrogens is 282 g/mol. The lowest BCUT2D eigenvalue weighted by molar-refractivity contribution is 0.683. The fraction of sp³-hybridized carbons (Fsp3) is 0.188. The zero-order valence-corrected chi connectivity index (χ0v) is 12.8. The molecule has 0 aliphatic heterocycles. The van der Waals surface area contributed by atoms with E-state index in [0.29, 0.717) is 18.3 Å². The van der Waals surface area contributed by atoms with Crippen molar-refractivity contribution in [1.29, 1.82) is 0 Å². The van der Waals surface area contributed by atoms with Gasteiger partial charge in [0, 0.05) is 16.3 Å². The van der Waals surface area contributed by atoms with Crippen molar-refractivity contribution in [1.82, 2.24) is 0 Å². The second kappa shape index (κ2) is 7.59. The minimum Gasteiger partial charge on any atom is -0.370 e. The van der Waals surface area contributed by atoms with Crippen LogP contribution in [-0.4, -0.2) is 22.5 Å². The molecule has 1 unspecified atom stereocenters. The number of nitrogens with two attached hydrogens (primary N) is 1. The first kappa shape index (κ1) is 15.3. The Kier molecular flexibility index (Phi) is 5.51. The number of aliphatic imine (C=N–C) groups is 1. The molecule has 4 nitrogen and oxygen atoms in total. The van der Waals surface area contributed by atoms with Crippen molar-refractivity contribution in [3.8, 4) is 0 Å². The van der Waals surface area contributed by atoms with Crippen LogP contribution in [0.2, 0.25) is 0 Å². The van der Waals surface area contributed by atoms with E-state index in [0.717, 1.165) is 16.1 Å². The van der Waals surface area contributed by atoms with E-state index in [1.165, 1.54) is 0 Å². The Balaban J connectivity index is 1.85. The summed E-state index contributed by atoms with van der Waals surface area (Å²) >= 11 is 0. The topological polar surface area (TPSA) is 67.5 Å². The van der Waals surface area contributed by atoms with Gasteiger partial charge in [0.1, 0.15) is 0 Å². The van der Waals surface area contributed by atoms with Gasteiger partial charge in [-0.3, -0.25) is 9.20 Å². The number of aryl methyl sites for hydroxylation is 1. The molecular formula is C16H19N3OS. The number of benzene rings is 2.